The normalized spacial score (nSPS) is 28.9. The highest BCUT2D eigenvalue weighted by Gasteiger charge is 2.40. The third-order valence-electron chi connectivity index (χ3n) is 4.79. The quantitative estimate of drug-likeness (QED) is 0.696. The number of thiol groups is 1. The molecule has 3 rings (SSSR count). The highest BCUT2D eigenvalue weighted by atomic mass is 32.1. The van der Waals surface area contributed by atoms with E-state index in [2.05, 4.69) is 17.5 Å². The summed E-state index contributed by atoms with van der Waals surface area (Å²) in [5.74, 6) is 2.17. The molecule has 92 valence electrons. The molecule has 0 saturated heterocycles. The van der Waals surface area contributed by atoms with Gasteiger partial charge >= 0.3 is 0 Å². The maximum Gasteiger partial charge on any atom is 0.00967 e. The summed E-state index contributed by atoms with van der Waals surface area (Å²) < 4.78 is 0. The lowest BCUT2D eigenvalue weighted by Crippen LogP contribution is -2.40. The van der Waals surface area contributed by atoms with Crippen molar-refractivity contribution in [3.05, 3.63) is 0 Å². The van der Waals surface area contributed by atoms with Gasteiger partial charge in [0.15, 0.2) is 0 Å². The van der Waals surface area contributed by atoms with E-state index in [9.17, 15) is 0 Å². The van der Waals surface area contributed by atoms with Gasteiger partial charge in [-0.05, 0) is 55.6 Å². The first-order chi connectivity index (χ1) is 7.81. The maximum atomic E-state index is 4.64. The minimum absolute atomic E-state index is 0.584. The van der Waals surface area contributed by atoms with Gasteiger partial charge in [-0.15, -0.1) is 0 Å². The van der Waals surface area contributed by atoms with Crippen LogP contribution in [0.4, 0.5) is 0 Å². The van der Waals surface area contributed by atoms with Crippen molar-refractivity contribution in [3.63, 3.8) is 0 Å². The minimum atomic E-state index is 0.584. The summed E-state index contributed by atoms with van der Waals surface area (Å²) >= 11 is 4.64. The van der Waals surface area contributed by atoms with Crippen molar-refractivity contribution in [1.82, 2.24) is 4.90 Å². The predicted octanol–water partition coefficient (Wildman–Crippen LogP) is 3.35. The number of rotatable bonds is 6. The molecule has 0 aromatic carbocycles. The second kappa shape index (κ2) is 4.53. The molecule has 2 heteroatoms. The van der Waals surface area contributed by atoms with Gasteiger partial charge in [-0.2, -0.15) is 12.6 Å². The standard InChI is InChI=1S/C14H25NS/c16-11-14(7-1-2-8-14)10-15(13-5-6-13)9-12-3-4-12/h12-13,16H,1-11H2. The topological polar surface area (TPSA) is 3.24 Å². The van der Waals surface area contributed by atoms with E-state index in [-0.39, 0.29) is 0 Å². The van der Waals surface area contributed by atoms with E-state index in [1.807, 2.05) is 0 Å². The number of hydrogen-bond donors (Lipinski definition) is 1. The van der Waals surface area contributed by atoms with Crippen LogP contribution in [-0.2, 0) is 0 Å². The summed E-state index contributed by atoms with van der Waals surface area (Å²) in [6, 6.07) is 0.956. The van der Waals surface area contributed by atoms with Crippen molar-refractivity contribution in [1.29, 1.82) is 0 Å². The average Bonchev–Trinajstić information content (AvgIpc) is 3.19. The number of hydrogen-bond acceptors (Lipinski definition) is 2. The van der Waals surface area contributed by atoms with Gasteiger partial charge in [-0.3, -0.25) is 4.90 Å². The third-order valence-corrected chi connectivity index (χ3v) is 5.46. The molecule has 0 bridgehead atoms. The fourth-order valence-corrected chi connectivity index (χ4v) is 3.75. The predicted molar refractivity (Wildman–Crippen MR) is 72.1 cm³/mol. The van der Waals surface area contributed by atoms with E-state index in [4.69, 9.17) is 0 Å². The first kappa shape index (κ1) is 11.4. The van der Waals surface area contributed by atoms with Crippen molar-refractivity contribution in [2.24, 2.45) is 11.3 Å². The molecule has 3 saturated carbocycles. The summed E-state index contributed by atoms with van der Waals surface area (Å²) in [6.45, 7) is 2.76. The zero-order valence-electron chi connectivity index (χ0n) is 10.3. The van der Waals surface area contributed by atoms with Crippen molar-refractivity contribution in [2.45, 2.75) is 57.4 Å². The summed E-state index contributed by atoms with van der Waals surface area (Å²) in [6.07, 6.45) is 11.7. The Kier molecular flexibility index (Phi) is 3.23. The molecule has 0 heterocycles. The molecule has 3 aliphatic rings. The highest BCUT2D eigenvalue weighted by molar-refractivity contribution is 7.80. The molecule has 0 aromatic heterocycles. The Morgan fingerprint density at radius 3 is 2.25 bits per heavy atom. The van der Waals surface area contributed by atoms with Crippen molar-refractivity contribution in [3.8, 4) is 0 Å². The molecule has 0 aromatic rings. The Hall–Kier alpha value is 0.310. The fourth-order valence-electron chi connectivity index (χ4n) is 3.34. The summed E-state index contributed by atoms with van der Waals surface area (Å²) in [4.78, 5) is 2.83. The lowest BCUT2D eigenvalue weighted by molar-refractivity contribution is 0.158. The van der Waals surface area contributed by atoms with E-state index < -0.39 is 0 Å². The fraction of sp³-hybridized carbons (Fsp3) is 1.00. The van der Waals surface area contributed by atoms with Crippen LogP contribution < -0.4 is 0 Å². The monoisotopic (exact) mass is 239 g/mol. The molecule has 0 atom stereocenters. The van der Waals surface area contributed by atoms with Crippen LogP contribution >= 0.6 is 12.6 Å². The Morgan fingerprint density at radius 2 is 1.75 bits per heavy atom. The van der Waals surface area contributed by atoms with E-state index in [0.717, 1.165) is 17.7 Å². The lowest BCUT2D eigenvalue weighted by atomic mass is 9.87. The van der Waals surface area contributed by atoms with Crippen LogP contribution in [0.5, 0.6) is 0 Å². The van der Waals surface area contributed by atoms with Gasteiger partial charge in [0.2, 0.25) is 0 Å². The third kappa shape index (κ3) is 2.59. The van der Waals surface area contributed by atoms with Gasteiger partial charge in [0, 0.05) is 19.1 Å². The van der Waals surface area contributed by atoms with Gasteiger partial charge in [0.1, 0.15) is 0 Å². The molecular formula is C14H25NS. The summed E-state index contributed by atoms with van der Waals surface area (Å²) in [5.41, 5.74) is 0.584. The molecule has 0 amide bonds. The molecule has 0 radical (unpaired) electrons. The van der Waals surface area contributed by atoms with Crippen LogP contribution in [0.25, 0.3) is 0 Å². The largest absolute Gasteiger partial charge is 0.300 e. The van der Waals surface area contributed by atoms with Gasteiger partial charge in [0.05, 0.1) is 0 Å². The first-order valence-corrected chi connectivity index (χ1v) is 7.79. The smallest absolute Gasteiger partial charge is 0.00967 e. The van der Waals surface area contributed by atoms with Crippen LogP contribution in [0.2, 0.25) is 0 Å². The van der Waals surface area contributed by atoms with Crippen LogP contribution in [0, 0.1) is 11.3 Å². The summed E-state index contributed by atoms with van der Waals surface area (Å²) in [5, 5.41) is 0. The van der Waals surface area contributed by atoms with Crippen molar-refractivity contribution in [2.75, 3.05) is 18.8 Å². The SMILES string of the molecule is SCC1(CN(CC2CC2)C2CC2)CCCC1. The van der Waals surface area contributed by atoms with Crippen LogP contribution in [0.3, 0.4) is 0 Å². The van der Waals surface area contributed by atoms with Crippen molar-refractivity contribution >= 4 is 12.6 Å². The van der Waals surface area contributed by atoms with Gasteiger partial charge in [-0.1, -0.05) is 12.8 Å². The average molecular weight is 239 g/mol. The van der Waals surface area contributed by atoms with Crippen LogP contribution in [-0.4, -0.2) is 29.8 Å². The summed E-state index contributed by atoms with van der Waals surface area (Å²) in [7, 11) is 0. The highest BCUT2D eigenvalue weighted by Crippen LogP contribution is 2.43. The second-order valence-electron chi connectivity index (χ2n) is 6.47. The Labute approximate surface area is 105 Å². The molecule has 3 fully saturated rings. The Morgan fingerprint density at radius 1 is 1.06 bits per heavy atom. The molecule has 16 heavy (non-hydrogen) atoms. The van der Waals surface area contributed by atoms with Crippen LogP contribution in [0.15, 0.2) is 0 Å². The Bertz CT molecular complexity index is 239. The van der Waals surface area contributed by atoms with Gasteiger partial charge < -0.3 is 0 Å². The molecule has 0 spiro atoms. The lowest BCUT2D eigenvalue weighted by Gasteiger charge is -2.34. The van der Waals surface area contributed by atoms with Crippen LogP contribution in [0.1, 0.15) is 51.4 Å². The second-order valence-corrected chi connectivity index (χ2v) is 6.79. The van der Waals surface area contributed by atoms with E-state index >= 15 is 0 Å². The zero-order chi connectivity index (χ0) is 11.0. The molecular weight excluding hydrogens is 214 g/mol. The first-order valence-electron chi connectivity index (χ1n) is 7.16. The van der Waals surface area contributed by atoms with Gasteiger partial charge in [-0.25, -0.2) is 0 Å². The molecule has 0 unspecified atom stereocenters. The Balaban J connectivity index is 1.59. The van der Waals surface area contributed by atoms with Crippen molar-refractivity contribution < 1.29 is 0 Å². The molecule has 0 N–H and O–H groups in total. The maximum absolute atomic E-state index is 4.64. The van der Waals surface area contributed by atoms with Gasteiger partial charge in [0.25, 0.3) is 0 Å². The molecule has 1 nitrogen and oxygen atoms in total. The number of nitrogens with zero attached hydrogens (tertiary/aromatic N) is 1. The van der Waals surface area contributed by atoms with E-state index in [1.165, 1.54) is 64.5 Å². The minimum Gasteiger partial charge on any atom is -0.300 e. The molecule has 3 aliphatic carbocycles. The van der Waals surface area contributed by atoms with E-state index in [1.54, 1.807) is 0 Å². The zero-order valence-corrected chi connectivity index (χ0v) is 11.2. The van der Waals surface area contributed by atoms with E-state index in [0.29, 0.717) is 5.41 Å². The molecule has 0 aliphatic heterocycles.